The van der Waals surface area contributed by atoms with E-state index in [1.807, 2.05) is 30.3 Å². The summed E-state index contributed by atoms with van der Waals surface area (Å²) >= 11 is 2.44. The SMILES string of the molecule is COc1ccc(C(=O)CSc2nnc(NC(=O)c3cc(-c4ccccc4)on3)s2)cc1. The van der Waals surface area contributed by atoms with E-state index in [1.54, 1.807) is 37.4 Å². The van der Waals surface area contributed by atoms with Crippen molar-refractivity contribution in [2.45, 2.75) is 4.34 Å². The van der Waals surface area contributed by atoms with Crippen LogP contribution in [0.4, 0.5) is 5.13 Å². The number of thioether (sulfide) groups is 1. The minimum Gasteiger partial charge on any atom is -0.497 e. The van der Waals surface area contributed by atoms with Crippen LogP contribution in [0, 0.1) is 0 Å². The molecule has 0 aliphatic heterocycles. The summed E-state index contributed by atoms with van der Waals surface area (Å²) in [5, 5.41) is 14.7. The number of methoxy groups -OCH3 is 1. The van der Waals surface area contributed by atoms with E-state index in [-0.39, 0.29) is 17.2 Å². The largest absolute Gasteiger partial charge is 0.497 e. The van der Waals surface area contributed by atoms with Gasteiger partial charge >= 0.3 is 0 Å². The molecule has 0 aliphatic rings. The van der Waals surface area contributed by atoms with E-state index in [4.69, 9.17) is 9.26 Å². The summed E-state index contributed by atoms with van der Waals surface area (Å²) in [6, 6.07) is 17.8. The number of Topliss-reactive ketones (excluding diaryl/α,β-unsaturated/α-hetero) is 1. The number of nitrogens with zero attached hydrogens (tertiary/aromatic N) is 3. The van der Waals surface area contributed by atoms with Gasteiger partial charge in [0, 0.05) is 17.2 Å². The van der Waals surface area contributed by atoms with Crippen LogP contribution >= 0.6 is 23.1 Å². The van der Waals surface area contributed by atoms with Crippen molar-refractivity contribution in [3.05, 3.63) is 71.9 Å². The van der Waals surface area contributed by atoms with E-state index in [0.29, 0.717) is 26.5 Å². The summed E-state index contributed by atoms with van der Waals surface area (Å²) in [6.45, 7) is 0. The average Bonchev–Trinajstić information content (AvgIpc) is 3.48. The van der Waals surface area contributed by atoms with Gasteiger partial charge in [-0.3, -0.25) is 14.9 Å². The van der Waals surface area contributed by atoms with Gasteiger partial charge in [-0.2, -0.15) is 0 Å². The van der Waals surface area contributed by atoms with Crippen molar-refractivity contribution < 1.29 is 18.8 Å². The molecule has 0 bridgehead atoms. The smallest absolute Gasteiger partial charge is 0.279 e. The van der Waals surface area contributed by atoms with Gasteiger partial charge in [-0.25, -0.2) is 0 Å². The molecule has 0 saturated carbocycles. The third-order valence-electron chi connectivity index (χ3n) is 4.17. The highest BCUT2D eigenvalue weighted by molar-refractivity contribution is 8.01. The number of ketones is 1. The van der Waals surface area contributed by atoms with Crippen LogP contribution in [0.1, 0.15) is 20.8 Å². The molecule has 4 aromatic rings. The van der Waals surface area contributed by atoms with Gasteiger partial charge in [0.05, 0.1) is 12.9 Å². The van der Waals surface area contributed by atoms with Crippen molar-refractivity contribution >= 4 is 39.9 Å². The number of amides is 1. The van der Waals surface area contributed by atoms with E-state index in [0.717, 1.165) is 5.56 Å². The predicted molar refractivity (Wildman–Crippen MR) is 118 cm³/mol. The molecule has 0 saturated heterocycles. The Bertz CT molecular complexity index is 1190. The van der Waals surface area contributed by atoms with E-state index < -0.39 is 5.91 Å². The van der Waals surface area contributed by atoms with Crippen LogP contribution < -0.4 is 10.1 Å². The minimum absolute atomic E-state index is 0.0375. The third kappa shape index (κ3) is 5.16. The lowest BCUT2D eigenvalue weighted by Crippen LogP contribution is -2.11. The molecular formula is C21H16N4O4S2. The summed E-state index contributed by atoms with van der Waals surface area (Å²) in [5.74, 6) is 0.906. The van der Waals surface area contributed by atoms with Gasteiger partial charge in [-0.05, 0) is 24.3 Å². The van der Waals surface area contributed by atoms with Gasteiger partial charge in [-0.15, -0.1) is 10.2 Å². The summed E-state index contributed by atoms with van der Waals surface area (Å²) in [5.41, 5.74) is 1.55. The molecule has 2 heterocycles. The molecule has 4 rings (SSSR count). The monoisotopic (exact) mass is 452 g/mol. The predicted octanol–water partition coefficient (Wildman–Crippen LogP) is 4.43. The van der Waals surface area contributed by atoms with Gasteiger partial charge in [0.15, 0.2) is 21.6 Å². The van der Waals surface area contributed by atoms with E-state index in [2.05, 4.69) is 20.7 Å². The number of carbonyl (C=O) groups excluding carboxylic acids is 2. The molecule has 0 fully saturated rings. The molecule has 0 radical (unpaired) electrons. The Kier molecular flexibility index (Phi) is 6.39. The molecule has 0 unspecified atom stereocenters. The maximum absolute atomic E-state index is 12.4. The summed E-state index contributed by atoms with van der Waals surface area (Å²) in [6.07, 6.45) is 0. The maximum atomic E-state index is 12.4. The number of hydrogen-bond donors (Lipinski definition) is 1. The molecule has 1 amide bonds. The summed E-state index contributed by atoms with van der Waals surface area (Å²) in [7, 11) is 1.57. The quantitative estimate of drug-likeness (QED) is 0.238. The van der Waals surface area contributed by atoms with E-state index in [9.17, 15) is 9.59 Å². The van der Waals surface area contributed by atoms with Crippen LogP contribution in [0.2, 0.25) is 0 Å². The Morgan fingerprint density at radius 2 is 1.87 bits per heavy atom. The van der Waals surface area contributed by atoms with Gasteiger partial charge in [-0.1, -0.05) is 58.6 Å². The molecule has 0 spiro atoms. The molecule has 8 nitrogen and oxygen atoms in total. The zero-order valence-corrected chi connectivity index (χ0v) is 17.9. The van der Waals surface area contributed by atoms with Crippen LogP contribution in [0.3, 0.4) is 0 Å². The summed E-state index contributed by atoms with van der Waals surface area (Å²) in [4.78, 5) is 24.7. The maximum Gasteiger partial charge on any atom is 0.279 e. The first-order valence-corrected chi connectivity index (χ1v) is 10.9. The second-order valence-corrected chi connectivity index (χ2v) is 8.41. The molecule has 1 N–H and O–H groups in total. The Morgan fingerprint density at radius 1 is 1.10 bits per heavy atom. The molecule has 10 heteroatoms. The molecule has 31 heavy (non-hydrogen) atoms. The number of hydrogen-bond acceptors (Lipinski definition) is 9. The number of rotatable bonds is 8. The second kappa shape index (κ2) is 9.54. The van der Waals surface area contributed by atoms with Crippen molar-refractivity contribution in [3.8, 4) is 17.1 Å². The van der Waals surface area contributed by atoms with Crippen LogP contribution in [0.25, 0.3) is 11.3 Å². The second-order valence-electron chi connectivity index (χ2n) is 6.21. The first-order chi connectivity index (χ1) is 15.1. The number of aromatic nitrogens is 3. The lowest BCUT2D eigenvalue weighted by atomic mass is 10.1. The van der Waals surface area contributed by atoms with Gasteiger partial charge in [0.2, 0.25) is 5.13 Å². The number of carbonyl (C=O) groups is 2. The van der Waals surface area contributed by atoms with Crippen LogP contribution in [0.5, 0.6) is 5.75 Å². The Labute approximate surface area is 185 Å². The van der Waals surface area contributed by atoms with Gasteiger partial charge in [0.25, 0.3) is 5.91 Å². The zero-order valence-electron chi connectivity index (χ0n) is 16.3. The number of nitrogens with one attached hydrogen (secondary N) is 1. The lowest BCUT2D eigenvalue weighted by Gasteiger charge is -2.01. The Hall–Kier alpha value is -3.50. The number of ether oxygens (including phenoxy) is 1. The highest BCUT2D eigenvalue weighted by atomic mass is 32.2. The van der Waals surface area contributed by atoms with Crippen LogP contribution in [-0.2, 0) is 0 Å². The number of benzene rings is 2. The van der Waals surface area contributed by atoms with Crippen LogP contribution in [-0.4, -0.2) is 39.9 Å². The molecule has 0 aliphatic carbocycles. The zero-order chi connectivity index (χ0) is 21.6. The van der Waals surface area contributed by atoms with Crippen LogP contribution in [0.15, 0.2) is 69.5 Å². The number of anilines is 1. The van der Waals surface area contributed by atoms with Crippen molar-refractivity contribution in [3.63, 3.8) is 0 Å². The lowest BCUT2D eigenvalue weighted by molar-refractivity contribution is 0.101. The Morgan fingerprint density at radius 3 is 2.61 bits per heavy atom. The fourth-order valence-electron chi connectivity index (χ4n) is 2.59. The normalized spacial score (nSPS) is 10.6. The van der Waals surface area contributed by atoms with E-state index >= 15 is 0 Å². The van der Waals surface area contributed by atoms with Crippen molar-refractivity contribution in [2.24, 2.45) is 0 Å². The highest BCUT2D eigenvalue weighted by Crippen LogP contribution is 2.27. The van der Waals surface area contributed by atoms with Crippen molar-refractivity contribution in [2.75, 3.05) is 18.2 Å². The fourth-order valence-corrected chi connectivity index (χ4v) is 4.23. The van der Waals surface area contributed by atoms with E-state index in [1.165, 1.54) is 23.1 Å². The fraction of sp³-hybridized carbons (Fsp3) is 0.0952. The van der Waals surface area contributed by atoms with Gasteiger partial charge in [0.1, 0.15) is 5.75 Å². The van der Waals surface area contributed by atoms with Crippen molar-refractivity contribution in [1.82, 2.24) is 15.4 Å². The third-order valence-corrected chi connectivity index (χ3v) is 6.14. The highest BCUT2D eigenvalue weighted by Gasteiger charge is 2.16. The molecule has 2 aromatic carbocycles. The molecular weight excluding hydrogens is 436 g/mol. The Balaban J connectivity index is 1.33. The first kappa shape index (κ1) is 20.8. The topological polar surface area (TPSA) is 107 Å². The van der Waals surface area contributed by atoms with Crippen molar-refractivity contribution in [1.29, 1.82) is 0 Å². The first-order valence-electron chi connectivity index (χ1n) is 9.09. The standard InChI is InChI=1S/C21H16N4O4S2/c1-28-15-9-7-13(8-10-15)17(26)12-30-21-24-23-20(31-21)22-19(27)16-11-18(29-25-16)14-5-3-2-4-6-14/h2-11H,12H2,1H3,(H,22,23,27). The minimum atomic E-state index is -0.451. The average molecular weight is 453 g/mol. The summed E-state index contributed by atoms with van der Waals surface area (Å²) < 4.78 is 10.9. The molecule has 156 valence electrons. The van der Waals surface area contributed by atoms with Gasteiger partial charge < -0.3 is 9.26 Å². The molecule has 0 atom stereocenters. The molecule has 2 aromatic heterocycles.